The third-order valence-electron chi connectivity index (χ3n) is 4.03. The highest BCUT2D eigenvalue weighted by atomic mass is 35.5. The second-order valence-corrected chi connectivity index (χ2v) is 5.67. The molecule has 0 aromatic heterocycles. The normalized spacial score (nSPS) is 20.2. The van der Waals surface area contributed by atoms with Crippen molar-refractivity contribution in [3.05, 3.63) is 34.6 Å². The predicted molar refractivity (Wildman–Crippen MR) is 78.0 cm³/mol. The van der Waals surface area contributed by atoms with Crippen LogP contribution in [0.3, 0.4) is 0 Å². The molecular weight excluding hydrogens is 263 g/mol. The van der Waals surface area contributed by atoms with E-state index in [-0.39, 0.29) is 16.9 Å². The van der Waals surface area contributed by atoms with E-state index in [1.165, 1.54) is 0 Å². The van der Waals surface area contributed by atoms with E-state index in [2.05, 4.69) is 24.1 Å². The topological polar surface area (TPSA) is 15.3 Å². The largest absolute Gasteiger partial charge is 0.314 e. The van der Waals surface area contributed by atoms with Gasteiger partial charge < -0.3 is 5.32 Å². The maximum Gasteiger partial charge on any atom is 0.146 e. The fraction of sp³-hybridized carbons (Fsp3) is 0.600. The van der Waals surface area contributed by atoms with Crippen molar-refractivity contribution in [1.82, 2.24) is 10.2 Å². The molecule has 1 unspecified atom stereocenters. The van der Waals surface area contributed by atoms with Crippen LogP contribution in [0.5, 0.6) is 0 Å². The van der Waals surface area contributed by atoms with Crippen LogP contribution >= 0.6 is 11.6 Å². The molecule has 106 valence electrons. The molecule has 2 rings (SSSR count). The van der Waals surface area contributed by atoms with Crippen molar-refractivity contribution in [1.29, 1.82) is 0 Å². The van der Waals surface area contributed by atoms with Gasteiger partial charge in [-0.3, -0.25) is 4.90 Å². The highest BCUT2D eigenvalue weighted by molar-refractivity contribution is 6.30. The molecule has 1 aliphatic heterocycles. The minimum Gasteiger partial charge on any atom is -0.314 e. The van der Waals surface area contributed by atoms with Gasteiger partial charge in [-0.2, -0.15) is 0 Å². The molecule has 1 aromatic rings. The summed E-state index contributed by atoms with van der Waals surface area (Å²) in [5.41, 5.74) is 0.740. The molecule has 1 saturated heterocycles. The van der Waals surface area contributed by atoms with Gasteiger partial charge in [0.15, 0.2) is 0 Å². The Balaban J connectivity index is 2.33. The number of halogens is 2. The van der Waals surface area contributed by atoms with Crippen LogP contribution in [0, 0.1) is 11.7 Å². The lowest BCUT2D eigenvalue weighted by atomic mass is 9.90. The quantitative estimate of drug-likeness (QED) is 0.911. The summed E-state index contributed by atoms with van der Waals surface area (Å²) in [4.78, 5) is 2.37. The molecule has 0 spiro atoms. The number of hydrogen-bond donors (Lipinski definition) is 1. The van der Waals surface area contributed by atoms with Crippen molar-refractivity contribution in [2.24, 2.45) is 5.92 Å². The van der Waals surface area contributed by atoms with E-state index in [4.69, 9.17) is 11.6 Å². The van der Waals surface area contributed by atoms with Crippen molar-refractivity contribution in [3.63, 3.8) is 0 Å². The average molecular weight is 285 g/mol. The Hall–Kier alpha value is -0.640. The van der Waals surface area contributed by atoms with Gasteiger partial charge in [0.2, 0.25) is 0 Å². The second kappa shape index (κ2) is 6.69. The summed E-state index contributed by atoms with van der Waals surface area (Å²) in [7, 11) is 0. The molecule has 1 fully saturated rings. The SMILES string of the molecule is CCC(C)[C@@H](c1cccc(Cl)c1F)N1CCNCC1. The zero-order chi connectivity index (χ0) is 13.8. The maximum atomic E-state index is 14.3. The zero-order valence-corrected chi connectivity index (χ0v) is 12.4. The van der Waals surface area contributed by atoms with E-state index in [0.29, 0.717) is 5.92 Å². The maximum absolute atomic E-state index is 14.3. The summed E-state index contributed by atoms with van der Waals surface area (Å²) in [6.07, 6.45) is 1.03. The van der Waals surface area contributed by atoms with Gasteiger partial charge in [0.25, 0.3) is 0 Å². The van der Waals surface area contributed by atoms with Gasteiger partial charge in [-0.25, -0.2) is 4.39 Å². The number of rotatable bonds is 4. The average Bonchev–Trinajstić information content (AvgIpc) is 2.44. The Labute approximate surface area is 119 Å². The summed E-state index contributed by atoms with van der Waals surface area (Å²) >= 11 is 5.94. The second-order valence-electron chi connectivity index (χ2n) is 5.26. The van der Waals surface area contributed by atoms with Crippen molar-refractivity contribution in [3.8, 4) is 0 Å². The van der Waals surface area contributed by atoms with E-state index < -0.39 is 0 Å². The first-order chi connectivity index (χ1) is 9.15. The molecule has 19 heavy (non-hydrogen) atoms. The first-order valence-corrected chi connectivity index (χ1v) is 7.41. The van der Waals surface area contributed by atoms with Gasteiger partial charge in [0.1, 0.15) is 5.82 Å². The highest BCUT2D eigenvalue weighted by Crippen LogP contribution is 2.34. The summed E-state index contributed by atoms with van der Waals surface area (Å²) < 4.78 is 14.3. The molecular formula is C15H22ClFN2. The number of piperazine rings is 1. The molecule has 1 aromatic carbocycles. The Morgan fingerprint density at radius 2 is 2.05 bits per heavy atom. The number of hydrogen-bond acceptors (Lipinski definition) is 2. The van der Waals surface area contributed by atoms with E-state index >= 15 is 0 Å². The van der Waals surface area contributed by atoms with Crippen LogP contribution in [-0.4, -0.2) is 31.1 Å². The van der Waals surface area contributed by atoms with Crippen LogP contribution in [0.1, 0.15) is 31.9 Å². The zero-order valence-electron chi connectivity index (χ0n) is 11.6. The lowest BCUT2D eigenvalue weighted by Crippen LogP contribution is -2.46. The first kappa shape index (κ1) is 14.8. The summed E-state index contributed by atoms with van der Waals surface area (Å²) in [6, 6.07) is 5.45. The minimum absolute atomic E-state index is 0.116. The Kier molecular flexibility index (Phi) is 5.20. The fourth-order valence-corrected chi connectivity index (χ4v) is 2.98. The van der Waals surface area contributed by atoms with Gasteiger partial charge in [0.05, 0.1) is 5.02 Å². The van der Waals surface area contributed by atoms with Crippen molar-refractivity contribution in [2.45, 2.75) is 26.3 Å². The predicted octanol–water partition coefficient (Wildman–Crippen LogP) is 3.47. The summed E-state index contributed by atoms with van der Waals surface area (Å²) in [5, 5.41) is 3.57. The standard InChI is InChI=1S/C15H22ClFN2/c1-3-11(2)15(19-9-7-18-8-10-19)12-5-4-6-13(16)14(12)17/h4-6,11,15,18H,3,7-10H2,1-2H3/t11?,15-/m0/s1. The molecule has 2 atom stereocenters. The van der Waals surface area contributed by atoms with Gasteiger partial charge in [-0.15, -0.1) is 0 Å². The van der Waals surface area contributed by atoms with E-state index in [0.717, 1.165) is 38.2 Å². The van der Waals surface area contributed by atoms with Crippen molar-refractivity contribution >= 4 is 11.6 Å². The summed E-state index contributed by atoms with van der Waals surface area (Å²) in [5.74, 6) is 0.152. The number of nitrogens with zero attached hydrogens (tertiary/aromatic N) is 1. The van der Waals surface area contributed by atoms with Crippen LogP contribution in [0.25, 0.3) is 0 Å². The minimum atomic E-state index is -0.256. The monoisotopic (exact) mass is 284 g/mol. The van der Waals surface area contributed by atoms with Crippen LogP contribution < -0.4 is 5.32 Å². The number of benzene rings is 1. The van der Waals surface area contributed by atoms with E-state index in [1.807, 2.05) is 12.1 Å². The van der Waals surface area contributed by atoms with E-state index in [1.54, 1.807) is 6.07 Å². The van der Waals surface area contributed by atoms with Crippen LogP contribution in [0.15, 0.2) is 18.2 Å². The lowest BCUT2D eigenvalue weighted by molar-refractivity contribution is 0.125. The molecule has 4 heteroatoms. The third-order valence-corrected chi connectivity index (χ3v) is 4.32. The Bertz CT molecular complexity index is 419. The Morgan fingerprint density at radius 3 is 2.68 bits per heavy atom. The molecule has 0 radical (unpaired) electrons. The first-order valence-electron chi connectivity index (χ1n) is 7.03. The summed E-state index contributed by atoms with van der Waals surface area (Å²) in [6.45, 7) is 8.20. The molecule has 0 amide bonds. The molecule has 0 saturated carbocycles. The molecule has 0 aliphatic carbocycles. The van der Waals surface area contributed by atoms with Crippen molar-refractivity contribution in [2.75, 3.05) is 26.2 Å². The molecule has 1 N–H and O–H groups in total. The van der Waals surface area contributed by atoms with Crippen LogP contribution in [0.4, 0.5) is 4.39 Å². The number of nitrogens with one attached hydrogen (secondary N) is 1. The lowest BCUT2D eigenvalue weighted by Gasteiger charge is -2.38. The molecule has 0 bridgehead atoms. The van der Waals surface area contributed by atoms with Crippen LogP contribution in [-0.2, 0) is 0 Å². The van der Waals surface area contributed by atoms with E-state index in [9.17, 15) is 4.39 Å². The van der Waals surface area contributed by atoms with Crippen LogP contribution in [0.2, 0.25) is 5.02 Å². The van der Waals surface area contributed by atoms with Gasteiger partial charge >= 0.3 is 0 Å². The van der Waals surface area contributed by atoms with Gasteiger partial charge in [0, 0.05) is 37.8 Å². The van der Waals surface area contributed by atoms with Gasteiger partial charge in [-0.1, -0.05) is 44.0 Å². The molecule has 1 aliphatic rings. The van der Waals surface area contributed by atoms with Crippen molar-refractivity contribution < 1.29 is 4.39 Å². The highest BCUT2D eigenvalue weighted by Gasteiger charge is 2.29. The molecule has 1 heterocycles. The fourth-order valence-electron chi connectivity index (χ4n) is 2.80. The Morgan fingerprint density at radius 1 is 1.37 bits per heavy atom. The smallest absolute Gasteiger partial charge is 0.146 e. The van der Waals surface area contributed by atoms with Gasteiger partial charge in [-0.05, 0) is 12.0 Å². The third kappa shape index (κ3) is 3.28. The molecule has 2 nitrogen and oxygen atoms in total.